The smallest absolute Gasteiger partial charge is 0.410 e. The topological polar surface area (TPSA) is 92.1 Å². The highest BCUT2D eigenvalue weighted by molar-refractivity contribution is 5.86. The largest absolute Gasteiger partial charge is 0.506 e. The summed E-state index contributed by atoms with van der Waals surface area (Å²) in [5.41, 5.74) is 1.23. The van der Waals surface area contributed by atoms with E-state index in [-0.39, 0.29) is 30.2 Å². The van der Waals surface area contributed by atoms with Crippen LogP contribution < -0.4 is 4.74 Å². The maximum atomic E-state index is 12.5. The van der Waals surface area contributed by atoms with Crippen LogP contribution in [0.2, 0.25) is 0 Å². The van der Waals surface area contributed by atoms with Gasteiger partial charge in [0.2, 0.25) is 0 Å². The predicted octanol–water partition coefficient (Wildman–Crippen LogP) is 4.02. The van der Waals surface area contributed by atoms with Crippen molar-refractivity contribution in [1.29, 1.82) is 0 Å². The van der Waals surface area contributed by atoms with E-state index in [1.165, 1.54) is 0 Å². The van der Waals surface area contributed by atoms with Gasteiger partial charge in [-0.25, -0.2) is 9.78 Å². The Kier molecular flexibility index (Phi) is 6.41. The molecule has 3 rings (SSSR count). The average Bonchev–Trinajstić information content (AvgIpc) is 3.06. The second-order valence-electron chi connectivity index (χ2n) is 9.05. The molecular weight excluding hydrogens is 384 g/mol. The number of rotatable bonds is 5. The first-order valence-corrected chi connectivity index (χ1v) is 10.4. The number of likely N-dealkylation sites (tertiary alicyclic amines) is 1. The molecule has 1 amide bonds. The number of amides is 1. The van der Waals surface area contributed by atoms with Crippen LogP contribution in [0.4, 0.5) is 4.79 Å². The number of aliphatic hydroxyl groups is 1. The van der Waals surface area contributed by atoms with Crippen LogP contribution in [0.3, 0.4) is 0 Å². The van der Waals surface area contributed by atoms with Gasteiger partial charge in [0.15, 0.2) is 0 Å². The molecule has 0 aliphatic carbocycles. The lowest BCUT2D eigenvalue weighted by Crippen LogP contribution is -2.38. The summed E-state index contributed by atoms with van der Waals surface area (Å²) in [7, 11) is 1.60. The van der Waals surface area contributed by atoms with Gasteiger partial charge in [-0.3, -0.25) is 0 Å². The summed E-state index contributed by atoms with van der Waals surface area (Å²) in [5.74, 6) is 1.03. The fraction of sp³-hybridized carbons (Fsp3) is 0.565. The third kappa shape index (κ3) is 4.78. The highest BCUT2D eigenvalue weighted by Crippen LogP contribution is 2.35. The summed E-state index contributed by atoms with van der Waals surface area (Å²) in [4.78, 5) is 18.6. The van der Waals surface area contributed by atoms with Gasteiger partial charge in [0, 0.05) is 23.5 Å². The molecule has 1 fully saturated rings. The maximum absolute atomic E-state index is 12.5. The molecule has 0 bridgehead atoms. The second kappa shape index (κ2) is 8.68. The number of aryl methyl sites for hydroxylation is 1. The van der Waals surface area contributed by atoms with E-state index in [1.807, 2.05) is 45.9 Å². The Labute approximate surface area is 177 Å². The number of methoxy groups -OCH3 is 1. The van der Waals surface area contributed by atoms with E-state index in [4.69, 9.17) is 9.47 Å². The molecule has 2 aromatic rings. The van der Waals surface area contributed by atoms with Gasteiger partial charge >= 0.3 is 6.09 Å². The lowest BCUT2D eigenvalue weighted by Gasteiger charge is -2.27. The number of ether oxygens (including phenoxy) is 2. The van der Waals surface area contributed by atoms with Crippen LogP contribution in [0.15, 0.2) is 18.2 Å². The Hall–Kier alpha value is -2.54. The highest BCUT2D eigenvalue weighted by Gasteiger charge is 2.35. The van der Waals surface area contributed by atoms with Gasteiger partial charge < -0.3 is 24.6 Å². The van der Waals surface area contributed by atoms with Crippen LogP contribution in [0.5, 0.6) is 11.5 Å². The number of carbonyl (C=O) groups is 1. The van der Waals surface area contributed by atoms with Crippen molar-refractivity contribution >= 4 is 17.0 Å². The summed E-state index contributed by atoms with van der Waals surface area (Å²) in [6, 6.07) is 5.62. The van der Waals surface area contributed by atoms with Crippen molar-refractivity contribution in [3.63, 3.8) is 0 Å². The quantitative estimate of drug-likeness (QED) is 0.765. The normalized spacial score (nSPS) is 19.3. The minimum atomic E-state index is -0.517. The van der Waals surface area contributed by atoms with E-state index < -0.39 is 5.60 Å². The zero-order chi connectivity index (χ0) is 22.1. The molecule has 2 unspecified atom stereocenters. The molecule has 164 valence electrons. The van der Waals surface area contributed by atoms with Crippen molar-refractivity contribution in [1.82, 2.24) is 9.88 Å². The number of aromatic hydroxyl groups is 1. The molecule has 30 heavy (non-hydrogen) atoms. The summed E-state index contributed by atoms with van der Waals surface area (Å²) >= 11 is 0. The van der Waals surface area contributed by atoms with Crippen molar-refractivity contribution in [2.45, 2.75) is 65.2 Å². The number of nitrogens with zero attached hydrogens (tertiary/aromatic N) is 2. The number of aromatic nitrogens is 1. The molecule has 0 spiro atoms. The lowest BCUT2D eigenvalue weighted by atomic mass is 9.94. The van der Waals surface area contributed by atoms with E-state index in [0.717, 1.165) is 23.8 Å². The van der Waals surface area contributed by atoms with Gasteiger partial charge in [-0.15, -0.1) is 0 Å². The van der Waals surface area contributed by atoms with E-state index >= 15 is 0 Å². The van der Waals surface area contributed by atoms with Crippen LogP contribution in [0.1, 0.15) is 51.8 Å². The van der Waals surface area contributed by atoms with E-state index in [2.05, 4.69) is 4.98 Å². The van der Waals surface area contributed by atoms with Crippen molar-refractivity contribution in [3.8, 4) is 11.5 Å². The average molecular weight is 417 g/mol. The first kappa shape index (κ1) is 22.2. The van der Waals surface area contributed by atoms with Crippen molar-refractivity contribution < 1.29 is 24.5 Å². The molecular formula is C23H32N2O5. The molecule has 0 radical (unpaired) electrons. The summed E-state index contributed by atoms with van der Waals surface area (Å²) in [6.07, 6.45) is 2.03. The van der Waals surface area contributed by atoms with Gasteiger partial charge in [0.05, 0.1) is 19.2 Å². The summed E-state index contributed by atoms with van der Waals surface area (Å²) in [6.45, 7) is 7.95. The molecule has 1 aliphatic heterocycles. The van der Waals surface area contributed by atoms with Crippen LogP contribution in [0.25, 0.3) is 10.9 Å². The highest BCUT2D eigenvalue weighted by atomic mass is 16.6. The Morgan fingerprint density at radius 2 is 2.07 bits per heavy atom. The van der Waals surface area contributed by atoms with Gasteiger partial charge in [0.25, 0.3) is 0 Å². The Morgan fingerprint density at radius 1 is 1.33 bits per heavy atom. The Bertz CT molecular complexity index is 922. The fourth-order valence-electron chi connectivity index (χ4n) is 4.12. The zero-order valence-electron chi connectivity index (χ0n) is 18.4. The zero-order valence-corrected chi connectivity index (χ0v) is 18.4. The van der Waals surface area contributed by atoms with E-state index in [1.54, 1.807) is 12.0 Å². The molecule has 0 saturated carbocycles. The van der Waals surface area contributed by atoms with E-state index in [9.17, 15) is 15.0 Å². The van der Waals surface area contributed by atoms with Crippen molar-refractivity contribution in [3.05, 3.63) is 29.5 Å². The standard InChI is InChI=1S/C23H32N2O5/c1-14-10-15(12-25(14)22(28)30-23(2,3)4)6-8-17-18-11-16(29-5)7-9-19(18)24-20(13-26)21(17)27/h7,9,11,14-15,26-27H,6,8,10,12-13H2,1-5H3. The predicted molar refractivity (Wildman–Crippen MR) is 115 cm³/mol. The third-order valence-corrected chi connectivity index (χ3v) is 5.59. The number of pyridine rings is 1. The molecule has 2 heterocycles. The van der Waals surface area contributed by atoms with Crippen LogP contribution in [-0.2, 0) is 17.8 Å². The Morgan fingerprint density at radius 3 is 2.70 bits per heavy atom. The van der Waals surface area contributed by atoms with Crippen molar-refractivity contribution in [2.24, 2.45) is 5.92 Å². The minimum Gasteiger partial charge on any atom is -0.506 e. The number of aliphatic hydroxyl groups excluding tert-OH is 1. The van der Waals surface area contributed by atoms with Gasteiger partial charge in [-0.2, -0.15) is 0 Å². The molecule has 2 N–H and O–H groups in total. The molecule has 1 aliphatic rings. The molecule has 1 saturated heterocycles. The Balaban J connectivity index is 1.78. The maximum Gasteiger partial charge on any atom is 0.410 e. The van der Waals surface area contributed by atoms with Gasteiger partial charge in [-0.1, -0.05) is 0 Å². The molecule has 1 aromatic carbocycles. The number of benzene rings is 1. The number of hydrogen-bond donors (Lipinski definition) is 2. The lowest BCUT2D eigenvalue weighted by molar-refractivity contribution is 0.0233. The first-order valence-electron chi connectivity index (χ1n) is 10.4. The van der Waals surface area contributed by atoms with Crippen molar-refractivity contribution in [2.75, 3.05) is 13.7 Å². The monoisotopic (exact) mass is 416 g/mol. The second-order valence-corrected chi connectivity index (χ2v) is 9.05. The molecule has 1 aromatic heterocycles. The molecule has 2 atom stereocenters. The molecule has 7 nitrogen and oxygen atoms in total. The third-order valence-electron chi connectivity index (χ3n) is 5.59. The van der Waals surface area contributed by atoms with Crippen LogP contribution >= 0.6 is 0 Å². The van der Waals surface area contributed by atoms with E-state index in [0.29, 0.717) is 30.1 Å². The first-order chi connectivity index (χ1) is 14.1. The number of hydrogen-bond acceptors (Lipinski definition) is 6. The molecule has 7 heteroatoms. The summed E-state index contributed by atoms with van der Waals surface area (Å²) < 4.78 is 10.9. The fourth-order valence-corrected chi connectivity index (χ4v) is 4.12. The van der Waals surface area contributed by atoms with Gasteiger partial charge in [0.1, 0.15) is 22.8 Å². The summed E-state index contributed by atoms with van der Waals surface area (Å²) in [5, 5.41) is 21.1. The minimum absolute atomic E-state index is 0.0355. The number of carbonyl (C=O) groups excluding carboxylic acids is 1. The number of fused-ring (bicyclic) bond motifs is 1. The van der Waals surface area contributed by atoms with Gasteiger partial charge in [-0.05, 0) is 71.1 Å². The van der Waals surface area contributed by atoms with Crippen LogP contribution in [0, 0.1) is 5.92 Å². The SMILES string of the molecule is COc1ccc2nc(CO)c(O)c(CCC3CC(C)N(C(=O)OC(C)(C)C)C3)c2c1. The van der Waals surface area contributed by atoms with Crippen LogP contribution in [-0.4, -0.2) is 51.5 Å².